The number of thioether (sulfide) groups is 1. The molecule has 0 aromatic carbocycles. The summed E-state index contributed by atoms with van der Waals surface area (Å²) < 4.78 is 5.29. The van der Waals surface area contributed by atoms with Crippen LogP contribution in [0, 0.1) is 0 Å². The van der Waals surface area contributed by atoms with Crippen molar-refractivity contribution in [2.45, 2.75) is 37.9 Å². The lowest BCUT2D eigenvalue weighted by Crippen LogP contribution is -2.11. The van der Waals surface area contributed by atoms with Crippen LogP contribution in [0.2, 0.25) is 0 Å². The van der Waals surface area contributed by atoms with E-state index in [1.807, 2.05) is 13.0 Å². The molecular weight excluding hydrogens is 168 g/mol. The molecule has 1 unspecified atom stereocenters. The van der Waals surface area contributed by atoms with E-state index >= 15 is 0 Å². The maximum absolute atomic E-state index is 5.29. The molecule has 0 N–H and O–H groups in total. The number of allylic oxidation sites excluding steroid dienone is 1. The van der Waals surface area contributed by atoms with Gasteiger partial charge in [0, 0.05) is 5.25 Å². The van der Waals surface area contributed by atoms with Gasteiger partial charge in [0.05, 0.1) is 12.9 Å². The molecule has 0 aliphatic carbocycles. The molecule has 0 aromatic rings. The molecule has 0 saturated carbocycles. The lowest BCUT2D eigenvalue weighted by molar-refractivity contribution is 0.241. The lowest BCUT2D eigenvalue weighted by Gasteiger charge is -2.20. The number of rotatable bonds is 4. The molecule has 1 heterocycles. The second-order valence-electron chi connectivity index (χ2n) is 3.12. The molecule has 0 amide bonds. The normalized spacial score (nSPS) is 24.6. The fourth-order valence-electron chi connectivity index (χ4n) is 1.40. The zero-order valence-corrected chi connectivity index (χ0v) is 8.61. The maximum atomic E-state index is 5.29. The zero-order valence-electron chi connectivity index (χ0n) is 7.79. The molecule has 1 saturated heterocycles. The molecule has 2 heteroatoms. The van der Waals surface area contributed by atoms with E-state index in [-0.39, 0.29) is 0 Å². The van der Waals surface area contributed by atoms with E-state index in [4.69, 9.17) is 4.74 Å². The molecule has 1 atom stereocenters. The van der Waals surface area contributed by atoms with Crippen molar-refractivity contribution in [2.75, 3.05) is 12.4 Å². The van der Waals surface area contributed by atoms with Crippen LogP contribution in [0.15, 0.2) is 12.3 Å². The average molecular weight is 186 g/mol. The van der Waals surface area contributed by atoms with Crippen molar-refractivity contribution in [3.8, 4) is 0 Å². The van der Waals surface area contributed by atoms with Crippen LogP contribution in [0.1, 0.15) is 32.6 Å². The van der Waals surface area contributed by atoms with E-state index in [0.717, 1.165) is 11.9 Å². The van der Waals surface area contributed by atoms with Gasteiger partial charge in [0.15, 0.2) is 0 Å². The van der Waals surface area contributed by atoms with Crippen LogP contribution in [0.5, 0.6) is 0 Å². The summed E-state index contributed by atoms with van der Waals surface area (Å²) in [6.07, 6.45) is 9.17. The molecule has 1 rings (SSSR count). The highest BCUT2D eigenvalue weighted by molar-refractivity contribution is 7.99. The van der Waals surface area contributed by atoms with E-state index in [0.29, 0.717) is 0 Å². The summed E-state index contributed by atoms with van der Waals surface area (Å²) in [6, 6.07) is 0. The highest BCUT2D eigenvalue weighted by Gasteiger charge is 2.12. The third-order valence-corrected chi connectivity index (χ3v) is 3.53. The van der Waals surface area contributed by atoms with Gasteiger partial charge < -0.3 is 4.74 Å². The molecule has 0 aromatic heterocycles. The van der Waals surface area contributed by atoms with E-state index in [9.17, 15) is 0 Å². The summed E-state index contributed by atoms with van der Waals surface area (Å²) >= 11 is 2.12. The molecule has 70 valence electrons. The van der Waals surface area contributed by atoms with E-state index in [1.54, 1.807) is 6.26 Å². The van der Waals surface area contributed by atoms with Gasteiger partial charge in [-0.1, -0.05) is 12.5 Å². The van der Waals surface area contributed by atoms with Gasteiger partial charge in [0.1, 0.15) is 0 Å². The van der Waals surface area contributed by atoms with Crippen LogP contribution in [-0.2, 0) is 4.74 Å². The Balaban J connectivity index is 1.97. The maximum Gasteiger partial charge on any atom is 0.0883 e. The van der Waals surface area contributed by atoms with Gasteiger partial charge >= 0.3 is 0 Å². The first kappa shape index (κ1) is 9.97. The summed E-state index contributed by atoms with van der Waals surface area (Å²) in [5.41, 5.74) is 0. The number of hydrogen-bond acceptors (Lipinski definition) is 2. The largest absolute Gasteiger partial charge is 0.502 e. The predicted octanol–water partition coefficient (Wildman–Crippen LogP) is 3.21. The van der Waals surface area contributed by atoms with E-state index in [2.05, 4.69) is 11.8 Å². The standard InChI is InChI=1S/C10H18OS/c1-2-7-11-8-6-10-5-3-4-9-12-10/h2,7,10H,3-6,8-9H2,1H3/b7-2+. The Morgan fingerprint density at radius 2 is 2.42 bits per heavy atom. The fourth-order valence-corrected chi connectivity index (χ4v) is 2.70. The molecule has 12 heavy (non-hydrogen) atoms. The monoisotopic (exact) mass is 186 g/mol. The van der Waals surface area contributed by atoms with Crippen molar-refractivity contribution in [1.82, 2.24) is 0 Å². The van der Waals surface area contributed by atoms with Gasteiger partial charge in [0.2, 0.25) is 0 Å². The van der Waals surface area contributed by atoms with Gasteiger partial charge in [-0.25, -0.2) is 0 Å². The van der Waals surface area contributed by atoms with Gasteiger partial charge in [0.25, 0.3) is 0 Å². The lowest BCUT2D eigenvalue weighted by atomic mass is 10.1. The number of ether oxygens (including phenoxy) is 1. The Kier molecular flexibility index (Phi) is 5.33. The minimum absolute atomic E-state index is 0.865. The summed E-state index contributed by atoms with van der Waals surface area (Å²) in [5, 5.41) is 0.865. The zero-order chi connectivity index (χ0) is 8.65. The van der Waals surface area contributed by atoms with Gasteiger partial charge in [-0.05, 0) is 31.9 Å². The first-order valence-electron chi connectivity index (χ1n) is 4.78. The third-order valence-electron chi connectivity index (χ3n) is 2.06. The Morgan fingerprint density at radius 1 is 1.50 bits per heavy atom. The van der Waals surface area contributed by atoms with E-state index < -0.39 is 0 Å². The van der Waals surface area contributed by atoms with Crippen LogP contribution in [0.25, 0.3) is 0 Å². The van der Waals surface area contributed by atoms with Crippen molar-refractivity contribution in [3.05, 3.63) is 12.3 Å². The smallest absolute Gasteiger partial charge is 0.0883 e. The van der Waals surface area contributed by atoms with Crippen molar-refractivity contribution >= 4 is 11.8 Å². The third kappa shape index (κ3) is 4.05. The molecular formula is C10H18OS. The Morgan fingerprint density at radius 3 is 3.08 bits per heavy atom. The molecule has 0 spiro atoms. The minimum atomic E-state index is 0.865. The summed E-state index contributed by atoms with van der Waals surface area (Å²) in [4.78, 5) is 0. The van der Waals surface area contributed by atoms with Crippen LogP contribution in [-0.4, -0.2) is 17.6 Å². The Labute approximate surface area is 79.6 Å². The molecule has 1 fully saturated rings. The highest BCUT2D eigenvalue weighted by atomic mass is 32.2. The first-order valence-corrected chi connectivity index (χ1v) is 5.82. The summed E-state index contributed by atoms with van der Waals surface area (Å²) in [6.45, 7) is 2.87. The second kappa shape index (κ2) is 6.41. The summed E-state index contributed by atoms with van der Waals surface area (Å²) in [5.74, 6) is 1.36. The van der Waals surface area contributed by atoms with E-state index in [1.165, 1.54) is 31.4 Å². The predicted molar refractivity (Wildman–Crippen MR) is 55.5 cm³/mol. The molecule has 1 aliphatic rings. The van der Waals surface area contributed by atoms with Crippen LogP contribution < -0.4 is 0 Å². The first-order chi connectivity index (χ1) is 5.93. The van der Waals surface area contributed by atoms with Crippen LogP contribution in [0.3, 0.4) is 0 Å². The molecule has 0 bridgehead atoms. The molecule has 1 aliphatic heterocycles. The molecule has 0 radical (unpaired) electrons. The van der Waals surface area contributed by atoms with Crippen LogP contribution in [0.4, 0.5) is 0 Å². The second-order valence-corrected chi connectivity index (χ2v) is 4.53. The number of hydrogen-bond donors (Lipinski definition) is 0. The SMILES string of the molecule is C/C=C/OCCC1CCCCS1. The highest BCUT2D eigenvalue weighted by Crippen LogP contribution is 2.27. The van der Waals surface area contributed by atoms with Crippen molar-refractivity contribution in [3.63, 3.8) is 0 Å². The summed E-state index contributed by atoms with van der Waals surface area (Å²) in [7, 11) is 0. The van der Waals surface area contributed by atoms with Crippen molar-refractivity contribution in [2.24, 2.45) is 0 Å². The van der Waals surface area contributed by atoms with Gasteiger partial charge in [-0.3, -0.25) is 0 Å². The fraction of sp³-hybridized carbons (Fsp3) is 0.800. The van der Waals surface area contributed by atoms with Gasteiger partial charge in [-0.2, -0.15) is 11.8 Å². The average Bonchev–Trinajstić information content (AvgIpc) is 2.14. The topological polar surface area (TPSA) is 9.23 Å². The van der Waals surface area contributed by atoms with Crippen molar-refractivity contribution < 1.29 is 4.74 Å². The van der Waals surface area contributed by atoms with Crippen molar-refractivity contribution in [1.29, 1.82) is 0 Å². The molecule has 1 nitrogen and oxygen atoms in total. The van der Waals surface area contributed by atoms with Gasteiger partial charge in [-0.15, -0.1) is 0 Å². The van der Waals surface area contributed by atoms with Crippen LogP contribution >= 0.6 is 11.8 Å². The minimum Gasteiger partial charge on any atom is -0.502 e. The Bertz CT molecular complexity index is 128. The quantitative estimate of drug-likeness (QED) is 0.492. The Hall–Kier alpha value is -0.110.